The van der Waals surface area contributed by atoms with Crippen molar-refractivity contribution in [2.24, 2.45) is 0 Å². The first-order chi connectivity index (χ1) is 8.68. The summed E-state index contributed by atoms with van der Waals surface area (Å²) in [5, 5.41) is 0.589. The quantitative estimate of drug-likeness (QED) is 0.712. The maximum Gasteiger partial charge on any atom is 0.253 e. The average Bonchev–Trinajstić information content (AvgIpc) is 2.87. The molecule has 90 valence electrons. The van der Waals surface area contributed by atoms with Crippen LogP contribution in [0.5, 0.6) is 0 Å². The number of sulfone groups is 1. The molecule has 0 unspecified atom stereocenters. The second-order valence-corrected chi connectivity index (χ2v) is 5.59. The Bertz CT molecular complexity index is 794. The Morgan fingerprint density at radius 2 is 1.83 bits per heavy atom. The van der Waals surface area contributed by atoms with Gasteiger partial charge in [-0.25, -0.2) is 13.4 Å². The van der Waals surface area contributed by atoms with E-state index < -0.39 is 9.84 Å². The summed E-state index contributed by atoms with van der Waals surface area (Å²) < 4.78 is 24.5. The van der Waals surface area contributed by atoms with E-state index in [1.54, 1.807) is 30.5 Å². The molecule has 0 saturated carbocycles. The van der Waals surface area contributed by atoms with E-state index in [4.69, 9.17) is 0 Å². The molecule has 0 fully saturated rings. The van der Waals surface area contributed by atoms with Gasteiger partial charge in [0.15, 0.2) is 0 Å². The van der Waals surface area contributed by atoms with E-state index >= 15 is 0 Å². The fourth-order valence-electron chi connectivity index (χ4n) is 1.66. The molecule has 0 radical (unpaired) electrons. The lowest BCUT2D eigenvalue weighted by Gasteiger charge is -2.02. The Hall–Kier alpha value is -2.21. The SMILES string of the molecule is O=S(=O)(c1ccccc1)c1ncc2cc[nH]c2n1. The van der Waals surface area contributed by atoms with Crippen molar-refractivity contribution in [1.29, 1.82) is 0 Å². The molecule has 18 heavy (non-hydrogen) atoms. The summed E-state index contributed by atoms with van der Waals surface area (Å²) >= 11 is 0. The molecule has 0 aliphatic heterocycles. The van der Waals surface area contributed by atoms with Gasteiger partial charge in [0.05, 0.1) is 4.90 Å². The molecule has 1 aromatic carbocycles. The molecular weight excluding hydrogens is 250 g/mol. The van der Waals surface area contributed by atoms with Gasteiger partial charge in [-0.3, -0.25) is 0 Å². The number of fused-ring (bicyclic) bond motifs is 1. The Kier molecular flexibility index (Phi) is 2.38. The summed E-state index contributed by atoms with van der Waals surface area (Å²) in [6, 6.07) is 9.93. The molecule has 2 heterocycles. The van der Waals surface area contributed by atoms with E-state index in [1.807, 2.05) is 0 Å². The molecule has 0 aliphatic carbocycles. The van der Waals surface area contributed by atoms with Crippen LogP contribution in [0.4, 0.5) is 0 Å². The predicted octanol–water partition coefficient (Wildman–Crippen LogP) is 1.79. The zero-order chi connectivity index (χ0) is 12.6. The van der Waals surface area contributed by atoms with Gasteiger partial charge in [0.2, 0.25) is 9.84 Å². The highest BCUT2D eigenvalue weighted by Crippen LogP contribution is 2.18. The first-order valence-corrected chi connectivity index (χ1v) is 6.76. The molecule has 1 N–H and O–H groups in total. The number of nitrogens with one attached hydrogen (secondary N) is 1. The van der Waals surface area contributed by atoms with Crippen LogP contribution in [0, 0.1) is 0 Å². The van der Waals surface area contributed by atoms with E-state index in [0.29, 0.717) is 5.65 Å². The second kappa shape index (κ2) is 3.92. The first kappa shape index (κ1) is 10.9. The minimum atomic E-state index is -3.65. The Morgan fingerprint density at radius 1 is 1.06 bits per heavy atom. The Morgan fingerprint density at radius 3 is 2.61 bits per heavy atom. The number of nitrogens with zero attached hydrogens (tertiary/aromatic N) is 2. The van der Waals surface area contributed by atoms with E-state index in [0.717, 1.165) is 5.39 Å². The van der Waals surface area contributed by atoms with Crippen LogP contribution in [-0.2, 0) is 9.84 Å². The fourth-order valence-corrected chi connectivity index (χ4v) is 2.79. The maximum atomic E-state index is 12.3. The number of hydrogen-bond donors (Lipinski definition) is 1. The highest BCUT2D eigenvalue weighted by molar-refractivity contribution is 7.91. The van der Waals surface area contributed by atoms with Crippen molar-refractivity contribution in [1.82, 2.24) is 15.0 Å². The number of H-pyrrole nitrogens is 1. The van der Waals surface area contributed by atoms with E-state index in [-0.39, 0.29) is 10.1 Å². The lowest BCUT2D eigenvalue weighted by atomic mass is 10.4. The van der Waals surface area contributed by atoms with Crippen LogP contribution in [0.3, 0.4) is 0 Å². The normalized spacial score (nSPS) is 11.8. The molecule has 0 aliphatic rings. The Labute approximate surface area is 103 Å². The van der Waals surface area contributed by atoms with Crippen LogP contribution >= 0.6 is 0 Å². The lowest BCUT2D eigenvalue weighted by molar-refractivity contribution is 0.587. The van der Waals surface area contributed by atoms with Crippen molar-refractivity contribution < 1.29 is 8.42 Å². The molecule has 0 spiro atoms. The van der Waals surface area contributed by atoms with Crippen molar-refractivity contribution in [2.75, 3.05) is 0 Å². The van der Waals surface area contributed by atoms with E-state index in [2.05, 4.69) is 15.0 Å². The van der Waals surface area contributed by atoms with E-state index in [9.17, 15) is 8.42 Å². The van der Waals surface area contributed by atoms with Gasteiger partial charge in [-0.15, -0.1) is 0 Å². The molecule has 2 aromatic heterocycles. The highest BCUT2D eigenvalue weighted by atomic mass is 32.2. The summed E-state index contributed by atoms with van der Waals surface area (Å²) in [7, 11) is -3.65. The minimum Gasteiger partial charge on any atom is -0.346 e. The third-order valence-electron chi connectivity index (χ3n) is 2.57. The number of aromatic nitrogens is 3. The number of benzene rings is 1. The van der Waals surface area contributed by atoms with Crippen LogP contribution in [-0.4, -0.2) is 23.4 Å². The highest BCUT2D eigenvalue weighted by Gasteiger charge is 2.21. The summed E-state index contributed by atoms with van der Waals surface area (Å²) in [5.74, 6) is 0. The van der Waals surface area contributed by atoms with Gasteiger partial charge >= 0.3 is 0 Å². The van der Waals surface area contributed by atoms with Gasteiger partial charge in [-0.2, -0.15) is 4.98 Å². The van der Waals surface area contributed by atoms with Crippen molar-refractivity contribution in [3.8, 4) is 0 Å². The summed E-state index contributed by atoms with van der Waals surface area (Å²) in [5.41, 5.74) is 0.513. The number of hydrogen-bond acceptors (Lipinski definition) is 4. The topological polar surface area (TPSA) is 75.7 Å². The van der Waals surface area contributed by atoms with Gasteiger partial charge in [-0.1, -0.05) is 18.2 Å². The summed E-state index contributed by atoms with van der Waals surface area (Å²) in [6.45, 7) is 0. The Balaban J connectivity index is 2.19. The van der Waals surface area contributed by atoms with Crippen LogP contribution < -0.4 is 0 Å². The van der Waals surface area contributed by atoms with Gasteiger partial charge in [0.25, 0.3) is 5.16 Å². The average molecular weight is 259 g/mol. The monoisotopic (exact) mass is 259 g/mol. The van der Waals surface area contributed by atoms with Gasteiger partial charge in [0.1, 0.15) is 5.65 Å². The van der Waals surface area contributed by atoms with Crippen LogP contribution in [0.2, 0.25) is 0 Å². The zero-order valence-electron chi connectivity index (χ0n) is 9.24. The van der Waals surface area contributed by atoms with Crippen LogP contribution in [0.1, 0.15) is 0 Å². The summed E-state index contributed by atoms with van der Waals surface area (Å²) in [4.78, 5) is 11.0. The third-order valence-corrected chi connectivity index (χ3v) is 4.14. The zero-order valence-corrected chi connectivity index (χ0v) is 10.1. The lowest BCUT2D eigenvalue weighted by Crippen LogP contribution is -2.06. The van der Waals surface area contributed by atoms with E-state index in [1.165, 1.54) is 18.3 Å². The molecule has 0 saturated heterocycles. The van der Waals surface area contributed by atoms with Crippen molar-refractivity contribution in [3.63, 3.8) is 0 Å². The molecule has 0 atom stereocenters. The molecule has 5 nitrogen and oxygen atoms in total. The van der Waals surface area contributed by atoms with Crippen LogP contribution in [0.25, 0.3) is 11.0 Å². The molecule has 3 aromatic rings. The molecule has 6 heteroatoms. The second-order valence-electron chi connectivity index (χ2n) is 3.75. The third kappa shape index (κ3) is 1.67. The number of rotatable bonds is 2. The molecule has 3 rings (SSSR count). The van der Waals surface area contributed by atoms with Crippen molar-refractivity contribution in [3.05, 3.63) is 48.8 Å². The number of aromatic amines is 1. The van der Waals surface area contributed by atoms with Gasteiger partial charge in [0, 0.05) is 17.8 Å². The van der Waals surface area contributed by atoms with Gasteiger partial charge < -0.3 is 4.98 Å². The minimum absolute atomic E-state index is 0.191. The van der Waals surface area contributed by atoms with Crippen molar-refractivity contribution in [2.45, 2.75) is 10.1 Å². The molecule has 0 bridgehead atoms. The maximum absolute atomic E-state index is 12.3. The van der Waals surface area contributed by atoms with Gasteiger partial charge in [-0.05, 0) is 18.2 Å². The first-order valence-electron chi connectivity index (χ1n) is 5.28. The molecular formula is C12H9N3O2S. The molecule has 0 amide bonds. The standard InChI is InChI=1S/C12H9N3O2S/c16-18(17,10-4-2-1-3-5-10)12-14-8-9-6-7-13-11(9)15-12/h1-8H,(H,13,14,15). The largest absolute Gasteiger partial charge is 0.346 e. The summed E-state index contributed by atoms with van der Waals surface area (Å²) in [6.07, 6.45) is 3.19. The fraction of sp³-hybridized carbons (Fsp3) is 0. The van der Waals surface area contributed by atoms with Crippen LogP contribution in [0.15, 0.2) is 58.8 Å². The van der Waals surface area contributed by atoms with Crippen molar-refractivity contribution >= 4 is 20.9 Å². The predicted molar refractivity (Wildman–Crippen MR) is 65.8 cm³/mol. The smallest absolute Gasteiger partial charge is 0.253 e.